The molecular weight excluding hydrogens is 252 g/mol. The predicted octanol–water partition coefficient (Wildman–Crippen LogP) is 1.72. The summed E-state index contributed by atoms with van der Waals surface area (Å²) in [5.41, 5.74) is 0. The monoisotopic (exact) mass is 284 g/mol. The number of ether oxygens (including phenoxy) is 1. The predicted molar refractivity (Wildman–Crippen MR) is 82.0 cm³/mol. The number of hydrogen-bond donors (Lipinski definition) is 1. The first kappa shape index (κ1) is 16.2. The maximum absolute atomic E-state index is 10.5. The van der Waals surface area contributed by atoms with Gasteiger partial charge in [-0.2, -0.15) is 0 Å². The Hall–Kier alpha value is -0.160. The number of aliphatic hydroxyl groups excluding tert-OH is 1. The zero-order valence-corrected chi connectivity index (χ0v) is 13.4. The average molecular weight is 284 g/mol. The number of β-amino-alcohol motifs (C(OH)–C–C–N with tert-alkyl or cyclic N) is 1. The molecule has 0 spiro atoms. The molecule has 2 aliphatic heterocycles. The lowest BCUT2D eigenvalue weighted by atomic mass is 9.97. The summed E-state index contributed by atoms with van der Waals surface area (Å²) in [4.78, 5) is 4.91. The Labute approximate surface area is 124 Å². The van der Waals surface area contributed by atoms with E-state index in [1.807, 2.05) is 0 Å². The standard InChI is InChI=1S/C16H32N2O2/c1-13-6-4-7-14(2)18(13)11-16(19)10-17-9-5-8-15(17)12-20-3/h13-16,19H,4-12H2,1-3H3/t13-,14+,15-,16?/m0/s1. The zero-order valence-electron chi connectivity index (χ0n) is 13.4. The van der Waals surface area contributed by atoms with Crippen molar-refractivity contribution in [2.75, 3.05) is 33.4 Å². The van der Waals surface area contributed by atoms with Crippen LogP contribution in [0.15, 0.2) is 0 Å². The van der Waals surface area contributed by atoms with Crippen molar-refractivity contribution in [3.8, 4) is 0 Å². The number of methoxy groups -OCH3 is 1. The number of piperidine rings is 1. The lowest BCUT2D eigenvalue weighted by Gasteiger charge is -2.40. The first-order valence-corrected chi connectivity index (χ1v) is 8.28. The molecule has 0 saturated carbocycles. The van der Waals surface area contributed by atoms with Gasteiger partial charge in [-0.3, -0.25) is 9.80 Å². The van der Waals surface area contributed by atoms with Crippen molar-refractivity contribution >= 4 is 0 Å². The lowest BCUT2D eigenvalue weighted by molar-refractivity contribution is 0.0159. The molecule has 2 heterocycles. The molecule has 118 valence electrons. The molecule has 4 heteroatoms. The SMILES string of the molecule is COC[C@@H]1CCCN1CC(O)CN1[C@H](C)CCC[C@@H]1C. The third-order valence-electron chi connectivity index (χ3n) is 5.10. The Morgan fingerprint density at radius 1 is 1.10 bits per heavy atom. The van der Waals surface area contributed by atoms with Gasteiger partial charge < -0.3 is 9.84 Å². The highest BCUT2D eigenvalue weighted by Crippen LogP contribution is 2.23. The average Bonchev–Trinajstić information content (AvgIpc) is 2.82. The van der Waals surface area contributed by atoms with E-state index in [1.165, 1.54) is 32.1 Å². The summed E-state index contributed by atoms with van der Waals surface area (Å²) in [6.45, 7) is 8.11. The van der Waals surface area contributed by atoms with Crippen LogP contribution in [0.3, 0.4) is 0 Å². The molecule has 0 aromatic carbocycles. The molecule has 2 saturated heterocycles. The molecule has 0 aromatic rings. The molecular formula is C16H32N2O2. The normalized spacial score (nSPS) is 34.5. The van der Waals surface area contributed by atoms with E-state index in [0.29, 0.717) is 18.1 Å². The second-order valence-electron chi connectivity index (χ2n) is 6.73. The van der Waals surface area contributed by atoms with Gasteiger partial charge in [-0.15, -0.1) is 0 Å². The molecule has 1 N–H and O–H groups in total. The Morgan fingerprint density at radius 2 is 1.80 bits per heavy atom. The molecule has 0 radical (unpaired) electrons. The molecule has 2 fully saturated rings. The number of aliphatic hydroxyl groups is 1. The van der Waals surface area contributed by atoms with Gasteiger partial charge >= 0.3 is 0 Å². The van der Waals surface area contributed by atoms with Crippen LogP contribution >= 0.6 is 0 Å². The molecule has 4 nitrogen and oxygen atoms in total. The van der Waals surface area contributed by atoms with Crippen molar-refractivity contribution < 1.29 is 9.84 Å². The van der Waals surface area contributed by atoms with Crippen molar-refractivity contribution in [2.24, 2.45) is 0 Å². The number of likely N-dealkylation sites (tertiary alicyclic amines) is 2. The van der Waals surface area contributed by atoms with E-state index in [2.05, 4.69) is 23.6 Å². The highest BCUT2D eigenvalue weighted by molar-refractivity contribution is 4.85. The van der Waals surface area contributed by atoms with Gasteiger partial charge in [0.15, 0.2) is 0 Å². The van der Waals surface area contributed by atoms with Crippen LogP contribution < -0.4 is 0 Å². The van der Waals surface area contributed by atoms with Crippen LogP contribution in [0.5, 0.6) is 0 Å². The fourth-order valence-electron chi connectivity index (χ4n) is 3.92. The van der Waals surface area contributed by atoms with Gasteiger partial charge in [-0.1, -0.05) is 6.42 Å². The Balaban J connectivity index is 1.80. The van der Waals surface area contributed by atoms with Crippen LogP contribution in [-0.2, 0) is 4.74 Å². The number of hydrogen-bond acceptors (Lipinski definition) is 4. The van der Waals surface area contributed by atoms with E-state index in [0.717, 1.165) is 26.2 Å². The summed E-state index contributed by atoms with van der Waals surface area (Å²) < 4.78 is 5.29. The second kappa shape index (κ2) is 7.74. The smallest absolute Gasteiger partial charge is 0.0794 e. The fourth-order valence-corrected chi connectivity index (χ4v) is 3.92. The minimum absolute atomic E-state index is 0.240. The van der Waals surface area contributed by atoms with E-state index >= 15 is 0 Å². The van der Waals surface area contributed by atoms with Crippen LogP contribution in [0.25, 0.3) is 0 Å². The third kappa shape index (κ3) is 4.17. The fraction of sp³-hybridized carbons (Fsp3) is 1.00. The largest absolute Gasteiger partial charge is 0.390 e. The van der Waals surface area contributed by atoms with Gasteiger partial charge in [0.2, 0.25) is 0 Å². The highest BCUT2D eigenvalue weighted by atomic mass is 16.5. The molecule has 20 heavy (non-hydrogen) atoms. The van der Waals surface area contributed by atoms with Gasteiger partial charge in [0.05, 0.1) is 12.7 Å². The Morgan fingerprint density at radius 3 is 2.45 bits per heavy atom. The quantitative estimate of drug-likeness (QED) is 0.806. The first-order chi connectivity index (χ1) is 9.61. The van der Waals surface area contributed by atoms with Crippen molar-refractivity contribution in [3.05, 3.63) is 0 Å². The van der Waals surface area contributed by atoms with Gasteiger partial charge in [-0.25, -0.2) is 0 Å². The third-order valence-corrected chi connectivity index (χ3v) is 5.10. The van der Waals surface area contributed by atoms with Crippen molar-refractivity contribution in [1.82, 2.24) is 9.80 Å². The lowest BCUT2D eigenvalue weighted by Crippen LogP contribution is -2.50. The Bertz CT molecular complexity index is 278. The van der Waals surface area contributed by atoms with Gasteiger partial charge in [0.1, 0.15) is 0 Å². The maximum Gasteiger partial charge on any atom is 0.0794 e. The van der Waals surface area contributed by atoms with Crippen LogP contribution in [0.2, 0.25) is 0 Å². The van der Waals surface area contributed by atoms with Crippen LogP contribution in [-0.4, -0.2) is 72.5 Å². The Kier molecular flexibility index (Phi) is 6.27. The van der Waals surface area contributed by atoms with Gasteiger partial charge in [0, 0.05) is 38.3 Å². The summed E-state index contributed by atoms with van der Waals surface area (Å²) in [5.74, 6) is 0. The maximum atomic E-state index is 10.5. The van der Waals surface area contributed by atoms with Crippen LogP contribution in [0, 0.1) is 0 Å². The van der Waals surface area contributed by atoms with Crippen LogP contribution in [0.1, 0.15) is 46.0 Å². The van der Waals surface area contributed by atoms with Crippen molar-refractivity contribution in [3.63, 3.8) is 0 Å². The zero-order chi connectivity index (χ0) is 14.5. The molecule has 0 bridgehead atoms. The molecule has 2 aliphatic rings. The molecule has 2 rings (SSSR count). The van der Waals surface area contributed by atoms with Crippen LogP contribution in [0.4, 0.5) is 0 Å². The minimum atomic E-state index is -0.240. The second-order valence-corrected chi connectivity index (χ2v) is 6.73. The van der Waals surface area contributed by atoms with E-state index in [-0.39, 0.29) is 6.10 Å². The van der Waals surface area contributed by atoms with E-state index in [9.17, 15) is 5.11 Å². The summed E-state index contributed by atoms with van der Waals surface area (Å²) in [5, 5.41) is 10.5. The summed E-state index contributed by atoms with van der Waals surface area (Å²) >= 11 is 0. The first-order valence-electron chi connectivity index (χ1n) is 8.28. The van der Waals surface area contributed by atoms with Gasteiger partial charge in [0.25, 0.3) is 0 Å². The highest BCUT2D eigenvalue weighted by Gasteiger charge is 2.30. The van der Waals surface area contributed by atoms with Gasteiger partial charge in [-0.05, 0) is 46.1 Å². The molecule has 0 aliphatic carbocycles. The van der Waals surface area contributed by atoms with Crippen molar-refractivity contribution in [2.45, 2.75) is 70.2 Å². The molecule has 0 aromatic heterocycles. The number of rotatable bonds is 6. The molecule has 0 amide bonds. The van der Waals surface area contributed by atoms with E-state index in [1.54, 1.807) is 7.11 Å². The minimum Gasteiger partial charge on any atom is -0.390 e. The number of nitrogens with zero attached hydrogens (tertiary/aromatic N) is 2. The molecule has 1 unspecified atom stereocenters. The van der Waals surface area contributed by atoms with E-state index in [4.69, 9.17) is 4.74 Å². The summed E-state index contributed by atoms with van der Waals surface area (Å²) in [6, 6.07) is 1.73. The van der Waals surface area contributed by atoms with E-state index < -0.39 is 0 Å². The topological polar surface area (TPSA) is 35.9 Å². The summed E-state index contributed by atoms with van der Waals surface area (Å²) in [6.07, 6.45) is 6.07. The van der Waals surface area contributed by atoms with Crippen molar-refractivity contribution in [1.29, 1.82) is 0 Å². The molecule has 4 atom stereocenters. The summed E-state index contributed by atoms with van der Waals surface area (Å²) in [7, 11) is 1.77.